The van der Waals surface area contributed by atoms with Gasteiger partial charge < -0.3 is 10.1 Å². The number of benzene rings is 2. The van der Waals surface area contributed by atoms with E-state index in [0.717, 1.165) is 36.2 Å². The third-order valence-electron chi connectivity index (χ3n) is 5.19. The lowest BCUT2D eigenvalue weighted by atomic mass is 10.0. The van der Waals surface area contributed by atoms with Gasteiger partial charge in [-0.2, -0.15) is 5.10 Å². The summed E-state index contributed by atoms with van der Waals surface area (Å²) in [6.07, 6.45) is 4.20. The van der Waals surface area contributed by atoms with Crippen LogP contribution in [-0.2, 0) is 11.3 Å². The number of nitrogens with zero attached hydrogens (tertiary/aromatic N) is 2. The lowest BCUT2D eigenvalue weighted by Crippen LogP contribution is -2.41. The molecule has 2 heterocycles. The van der Waals surface area contributed by atoms with Crippen LogP contribution in [0.25, 0.3) is 10.9 Å². The van der Waals surface area contributed by atoms with E-state index in [2.05, 4.69) is 38.6 Å². The van der Waals surface area contributed by atoms with Gasteiger partial charge in [0.1, 0.15) is 0 Å². The van der Waals surface area contributed by atoms with E-state index in [9.17, 15) is 4.79 Å². The van der Waals surface area contributed by atoms with Crippen LogP contribution < -0.4 is 5.32 Å². The van der Waals surface area contributed by atoms with Crippen LogP contribution in [0, 0.1) is 0 Å². The second-order valence-corrected chi connectivity index (χ2v) is 7.31. The molecule has 1 atom stereocenters. The molecule has 0 bridgehead atoms. The number of aromatic nitrogens is 2. The molecule has 146 valence electrons. The van der Waals surface area contributed by atoms with E-state index in [1.165, 1.54) is 18.4 Å². The van der Waals surface area contributed by atoms with Crippen molar-refractivity contribution in [3.8, 4) is 0 Å². The third kappa shape index (κ3) is 4.34. The number of ether oxygens (including phenoxy) is 1. The Bertz CT molecular complexity index is 935. The molecule has 0 spiro atoms. The van der Waals surface area contributed by atoms with Gasteiger partial charge in [-0.3, -0.25) is 10.00 Å². The Morgan fingerprint density at radius 2 is 2.14 bits per heavy atom. The second kappa shape index (κ2) is 8.44. The average Bonchev–Trinajstić information content (AvgIpc) is 3.17. The molecule has 3 aromatic rings. The molecular weight excluding hydrogens is 352 g/mol. The topological polar surface area (TPSA) is 70.2 Å². The van der Waals surface area contributed by atoms with Crippen LogP contribution >= 0.6 is 0 Å². The summed E-state index contributed by atoms with van der Waals surface area (Å²) in [7, 11) is 0. The van der Waals surface area contributed by atoms with Crippen molar-refractivity contribution in [2.75, 3.05) is 25.0 Å². The first kappa shape index (κ1) is 18.5. The molecule has 1 aliphatic heterocycles. The molecule has 2 N–H and O–H groups in total. The second-order valence-electron chi connectivity index (χ2n) is 7.31. The summed E-state index contributed by atoms with van der Waals surface area (Å²) < 4.78 is 5.05. The number of anilines is 1. The minimum absolute atomic E-state index is 0.258. The van der Waals surface area contributed by atoms with E-state index in [-0.39, 0.29) is 5.97 Å². The lowest BCUT2D eigenvalue weighted by molar-refractivity contribution is 0.0526. The molecule has 0 radical (unpaired) electrons. The maximum atomic E-state index is 11.8. The standard InChI is InChI=1S/C22H26N4O2/c1-2-28-22(27)17-7-5-16(6-8-17)14-26-11-3-4-20(15-26)24-19-9-10-21-18(12-19)13-23-25-21/h5-10,12-13,20,24H,2-4,11,14-15H2,1H3,(H,23,25)/t20-/m1/s1. The Morgan fingerprint density at radius 3 is 2.96 bits per heavy atom. The highest BCUT2D eigenvalue weighted by Crippen LogP contribution is 2.21. The SMILES string of the molecule is CCOC(=O)c1ccc(CN2CCC[C@@H](Nc3ccc4[nH]ncc4c3)C2)cc1. The van der Waals surface area contributed by atoms with Crippen LogP contribution in [0.15, 0.2) is 48.7 Å². The monoisotopic (exact) mass is 378 g/mol. The first-order valence-corrected chi connectivity index (χ1v) is 9.89. The highest BCUT2D eigenvalue weighted by Gasteiger charge is 2.20. The number of fused-ring (bicyclic) bond motifs is 1. The maximum absolute atomic E-state index is 11.8. The minimum atomic E-state index is -0.258. The molecule has 1 aromatic heterocycles. The minimum Gasteiger partial charge on any atom is -0.462 e. The number of rotatable bonds is 6. The van der Waals surface area contributed by atoms with E-state index in [4.69, 9.17) is 4.74 Å². The van der Waals surface area contributed by atoms with E-state index in [0.29, 0.717) is 18.2 Å². The molecule has 6 nitrogen and oxygen atoms in total. The number of carbonyl (C=O) groups is 1. The Balaban J connectivity index is 1.35. The van der Waals surface area contributed by atoms with Crippen LogP contribution in [0.3, 0.4) is 0 Å². The fourth-order valence-corrected chi connectivity index (χ4v) is 3.80. The number of carbonyl (C=O) groups excluding carboxylic acids is 1. The van der Waals surface area contributed by atoms with Crippen molar-refractivity contribution in [2.24, 2.45) is 0 Å². The lowest BCUT2D eigenvalue weighted by Gasteiger charge is -2.33. The largest absolute Gasteiger partial charge is 0.462 e. The van der Waals surface area contributed by atoms with E-state index in [1.54, 1.807) is 0 Å². The van der Waals surface area contributed by atoms with Crippen molar-refractivity contribution in [3.05, 3.63) is 59.8 Å². The van der Waals surface area contributed by atoms with Crippen molar-refractivity contribution in [3.63, 3.8) is 0 Å². The first-order chi connectivity index (χ1) is 13.7. The van der Waals surface area contributed by atoms with Crippen molar-refractivity contribution < 1.29 is 9.53 Å². The van der Waals surface area contributed by atoms with Gasteiger partial charge in [0.05, 0.1) is 23.9 Å². The number of piperidine rings is 1. The molecule has 1 saturated heterocycles. The zero-order valence-electron chi connectivity index (χ0n) is 16.1. The molecule has 4 rings (SSSR count). The van der Waals surface area contributed by atoms with Crippen molar-refractivity contribution in [2.45, 2.75) is 32.4 Å². The smallest absolute Gasteiger partial charge is 0.338 e. The summed E-state index contributed by atoms with van der Waals surface area (Å²) in [5.74, 6) is -0.258. The fraction of sp³-hybridized carbons (Fsp3) is 0.364. The van der Waals surface area contributed by atoms with Crippen molar-refractivity contribution >= 4 is 22.6 Å². The normalized spacial score (nSPS) is 17.5. The molecule has 0 saturated carbocycles. The Hall–Kier alpha value is -2.86. The summed E-state index contributed by atoms with van der Waals surface area (Å²) in [4.78, 5) is 14.2. The molecule has 0 aliphatic carbocycles. The molecule has 28 heavy (non-hydrogen) atoms. The predicted octanol–water partition coefficient (Wildman–Crippen LogP) is 3.82. The van der Waals surface area contributed by atoms with Crippen LogP contribution in [0.4, 0.5) is 5.69 Å². The predicted molar refractivity (Wildman–Crippen MR) is 110 cm³/mol. The van der Waals surface area contributed by atoms with Crippen LogP contribution in [0.5, 0.6) is 0 Å². The Labute approximate surface area is 164 Å². The first-order valence-electron chi connectivity index (χ1n) is 9.89. The summed E-state index contributed by atoms with van der Waals surface area (Å²) in [5, 5.41) is 11.9. The van der Waals surface area contributed by atoms with Crippen LogP contribution in [0.1, 0.15) is 35.7 Å². The number of likely N-dealkylation sites (tertiary alicyclic amines) is 1. The van der Waals surface area contributed by atoms with Gasteiger partial charge in [-0.15, -0.1) is 0 Å². The van der Waals surface area contributed by atoms with Gasteiger partial charge in [0, 0.05) is 30.2 Å². The number of nitrogens with one attached hydrogen (secondary N) is 2. The van der Waals surface area contributed by atoms with E-state index in [1.807, 2.05) is 37.4 Å². The molecular formula is C22H26N4O2. The van der Waals surface area contributed by atoms with Gasteiger partial charge >= 0.3 is 5.97 Å². The number of esters is 1. The third-order valence-corrected chi connectivity index (χ3v) is 5.19. The van der Waals surface area contributed by atoms with Crippen molar-refractivity contribution in [1.29, 1.82) is 0 Å². The van der Waals surface area contributed by atoms with Gasteiger partial charge in [-0.1, -0.05) is 12.1 Å². The van der Waals surface area contributed by atoms with Gasteiger partial charge in [-0.05, 0) is 62.2 Å². The average molecular weight is 378 g/mol. The summed E-state index contributed by atoms with van der Waals surface area (Å²) >= 11 is 0. The zero-order valence-corrected chi connectivity index (χ0v) is 16.1. The fourth-order valence-electron chi connectivity index (χ4n) is 3.80. The summed E-state index contributed by atoms with van der Waals surface area (Å²) in [6, 6.07) is 14.5. The maximum Gasteiger partial charge on any atom is 0.338 e. The highest BCUT2D eigenvalue weighted by molar-refractivity contribution is 5.89. The molecule has 0 unspecified atom stereocenters. The van der Waals surface area contributed by atoms with E-state index >= 15 is 0 Å². The summed E-state index contributed by atoms with van der Waals surface area (Å²) in [6.45, 7) is 5.21. The van der Waals surface area contributed by atoms with Gasteiger partial charge in [0.25, 0.3) is 0 Å². The number of H-pyrrole nitrogens is 1. The molecule has 1 fully saturated rings. The highest BCUT2D eigenvalue weighted by atomic mass is 16.5. The van der Waals surface area contributed by atoms with E-state index < -0.39 is 0 Å². The quantitative estimate of drug-likeness (QED) is 0.638. The molecule has 1 aliphatic rings. The zero-order chi connectivity index (χ0) is 19.3. The van der Waals surface area contributed by atoms with Crippen LogP contribution in [0.2, 0.25) is 0 Å². The van der Waals surface area contributed by atoms with Gasteiger partial charge in [0.15, 0.2) is 0 Å². The molecule has 6 heteroatoms. The number of hydrogen-bond acceptors (Lipinski definition) is 5. The Kier molecular flexibility index (Phi) is 5.58. The summed E-state index contributed by atoms with van der Waals surface area (Å²) in [5.41, 5.74) is 4.02. The van der Waals surface area contributed by atoms with Crippen molar-refractivity contribution in [1.82, 2.24) is 15.1 Å². The molecule has 0 amide bonds. The number of hydrogen-bond donors (Lipinski definition) is 2. The Morgan fingerprint density at radius 1 is 1.29 bits per heavy atom. The number of aromatic amines is 1. The van der Waals surface area contributed by atoms with Gasteiger partial charge in [-0.25, -0.2) is 4.79 Å². The van der Waals surface area contributed by atoms with Crippen LogP contribution in [-0.4, -0.2) is 46.8 Å². The molecule has 2 aromatic carbocycles. The van der Waals surface area contributed by atoms with Gasteiger partial charge in [0.2, 0.25) is 0 Å².